The van der Waals surface area contributed by atoms with E-state index in [4.69, 9.17) is 14.2 Å². The number of methoxy groups -OCH3 is 2. The minimum atomic E-state index is -0.0856. The minimum Gasteiger partial charge on any atom is -0.493 e. The summed E-state index contributed by atoms with van der Waals surface area (Å²) in [6.07, 6.45) is 1.64. The van der Waals surface area contributed by atoms with Crippen LogP contribution in [0.2, 0.25) is 0 Å². The van der Waals surface area contributed by atoms with Gasteiger partial charge < -0.3 is 19.1 Å². The lowest BCUT2D eigenvalue weighted by atomic mass is 9.94. The molecule has 1 aliphatic heterocycles. The fraction of sp³-hybridized carbons (Fsp3) is 0.214. The third-order valence-corrected chi connectivity index (χ3v) is 5.78. The molecule has 0 bridgehead atoms. The number of ether oxygens (including phenoxy) is 3. The Balaban J connectivity index is 1.71. The van der Waals surface area contributed by atoms with Gasteiger partial charge in [0.15, 0.2) is 17.3 Å². The molecule has 1 fully saturated rings. The van der Waals surface area contributed by atoms with Crippen molar-refractivity contribution < 1.29 is 23.8 Å². The number of morpholine rings is 1. The van der Waals surface area contributed by atoms with Gasteiger partial charge in [-0.2, -0.15) is 0 Å². The molecule has 1 aliphatic rings. The van der Waals surface area contributed by atoms with Crippen LogP contribution in [-0.2, 0) is 9.53 Å². The highest BCUT2D eigenvalue weighted by Crippen LogP contribution is 2.33. The summed E-state index contributed by atoms with van der Waals surface area (Å²) in [5.74, 6) is 1.04. The number of carbonyl (C=O) groups is 2. The molecule has 1 heterocycles. The lowest BCUT2D eigenvalue weighted by molar-refractivity contribution is -0.129. The Hall–Kier alpha value is -3.90. The topological polar surface area (TPSA) is 65.1 Å². The second kappa shape index (κ2) is 10.8. The van der Waals surface area contributed by atoms with Crippen molar-refractivity contribution in [2.24, 2.45) is 0 Å². The lowest BCUT2D eigenvalue weighted by Gasteiger charge is -2.26. The van der Waals surface area contributed by atoms with Crippen LogP contribution < -0.4 is 9.47 Å². The molecule has 0 spiro atoms. The molecule has 0 atom stereocenters. The Kier molecular flexibility index (Phi) is 7.40. The van der Waals surface area contributed by atoms with Gasteiger partial charge in [-0.3, -0.25) is 9.59 Å². The van der Waals surface area contributed by atoms with Gasteiger partial charge in [-0.15, -0.1) is 0 Å². The zero-order valence-electron chi connectivity index (χ0n) is 19.3. The fourth-order valence-electron chi connectivity index (χ4n) is 3.89. The first-order chi connectivity index (χ1) is 16.6. The summed E-state index contributed by atoms with van der Waals surface area (Å²) in [5, 5.41) is 0. The summed E-state index contributed by atoms with van der Waals surface area (Å²) in [6, 6.07) is 22.0. The van der Waals surface area contributed by atoms with Gasteiger partial charge in [-0.25, -0.2) is 0 Å². The van der Waals surface area contributed by atoms with Crippen LogP contribution in [0.25, 0.3) is 5.57 Å². The normalized spacial score (nSPS) is 13.9. The van der Waals surface area contributed by atoms with Crippen molar-refractivity contribution in [3.05, 3.63) is 101 Å². The Labute approximate surface area is 199 Å². The summed E-state index contributed by atoms with van der Waals surface area (Å²) in [5.41, 5.74) is 3.57. The van der Waals surface area contributed by atoms with Crippen LogP contribution >= 0.6 is 0 Å². The van der Waals surface area contributed by atoms with E-state index in [1.54, 1.807) is 49.5 Å². The summed E-state index contributed by atoms with van der Waals surface area (Å²) in [4.78, 5) is 27.7. The van der Waals surface area contributed by atoms with Crippen LogP contribution in [0, 0.1) is 0 Å². The standard InChI is InChI=1S/C28H27NO5/c1-32-25-13-12-23(18-26(25)33-2)24(19-27(30)29-14-16-34-17-15-29)20-8-10-22(11-9-20)28(31)21-6-4-3-5-7-21/h3-13,18-19H,14-17H2,1-2H3/b24-19-. The van der Waals surface area contributed by atoms with E-state index in [0.717, 1.165) is 16.7 Å². The maximum atomic E-state index is 13.1. The lowest BCUT2D eigenvalue weighted by Crippen LogP contribution is -2.39. The first-order valence-electron chi connectivity index (χ1n) is 11.1. The molecule has 34 heavy (non-hydrogen) atoms. The molecule has 0 N–H and O–H groups in total. The third kappa shape index (κ3) is 5.18. The van der Waals surface area contributed by atoms with Gasteiger partial charge in [-0.05, 0) is 28.8 Å². The Bertz CT molecular complexity index is 1180. The maximum Gasteiger partial charge on any atom is 0.247 e. The first kappa shape index (κ1) is 23.3. The van der Waals surface area contributed by atoms with Crippen molar-refractivity contribution >= 4 is 17.3 Å². The molecule has 174 valence electrons. The number of hydrogen-bond donors (Lipinski definition) is 0. The molecule has 1 amide bonds. The highest BCUT2D eigenvalue weighted by molar-refractivity contribution is 6.09. The van der Waals surface area contributed by atoms with Gasteiger partial charge in [0.2, 0.25) is 5.91 Å². The molecule has 3 aromatic carbocycles. The van der Waals surface area contributed by atoms with Crippen LogP contribution in [-0.4, -0.2) is 57.1 Å². The highest BCUT2D eigenvalue weighted by Gasteiger charge is 2.18. The smallest absolute Gasteiger partial charge is 0.247 e. The van der Waals surface area contributed by atoms with Crippen molar-refractivity contribution in [3.8, 4) is 11.5 Å². The number of hydrogen-bond acceptors (Lipinski definition) is 5. The largest absolute Gasteiger partial charge is 0.493 e. The van der Waals surface area contributed by atoms with Crippen LogP contribution in [0.4, 0.5) is 0 Å². The van der Waals surface area contributed by atoms with Gasteiger partial charge >= 0.3 is 0 Å². The molecule has 0 aromatic heterocycles. The predicted molar refractivity (Wildman–Crippen MR) is 130 cm³/mol. The second-order valence-electron chi connectivity index (χ2n) is 7.84. The zero-order chi connectivity index (χ0) is 23.9. The van der Waals surface area contributed by atoms with Crippen LogP contribution in [0.1, 0.15) is 27.0 Å². The highest BCUT2D eigenvalue weighted by atomic mass is 16.5. The Morgan fingerprint density at radius 1 is 0.765 bits per heavy atom. The van der Waals surface area contributed by atoms with Crippen LogP contribution in [0.5, 0.6) is 11.5 Å². The molecular formula is C28H27NO5. The van der Waals surface area contributed by atoms with Gasteiger partial charge in [0.05, 0.1) is 27.4 Å². The van der Waals surface area contributed by atoms with Crippen LogP contribution in [0.3, 0.4) is 0 Å². The van der Waals surface area contributed by atoms with Gasteiger partial charge in [0.25, 0.3) is 0 Å². The van der Waals surface area contributed by atoms with Gasteiger partial charge in [-0.1, -0.05) is 60.7 Å². The van der Waals surface area contributed by atoms with E-state index in [9.17, 15) is 9.59 Å². The molecule has 0 unspecified atom stereocenters. The molecular weight excluding hydrogens is 430 g/mol. The summed E-state index contributed by atoms with van der Waals surface area (Å²) in [7, 11) is 3.16. The number of rotatable bonds is 7. The van der Waals surface area contributed by atoms with Gasteiger partial charge in [0, 0.05) is 30.3 Å². The van der Waals surface area contributed by atoms with Crippen molar-refractivity contribution in [3.63, 3.8) is 0 Å². The fourth-order valence-corrected chi connectivity index (χ4v) is 3.89. The average molecular weight is 458 g/mol. The Morgan fingerprint density at radius 3 is 2.00 bits per heavy atom. The van der Waals surface area contributed by atoms with E-state index in [1.807, 2.05) is 48.5 Å². The van der Waals surface area contributed by atoms with Crippen molar-refractivity contribution in [1.29, 1.82) is 0 Å². The zero-order valence-corrected chi connectivity index (χ0v) is 19.3. The molecule has 0 radical (unpaired) electrons. The molecule has 1 saturated heterocycles. The third-order valence-electron chi connectivity index (χ3n) is 5.78. The number of benzene rings is 3. The minimum absolute atomic E-state index is 0.0480. The first-order valence-corrected chi connectivity index (χ1v) is 11.1. The molecule has 0 aliphatic carbocycles. The second-order valence-corrected chi connectivity index (χ2v) is 7.84. The molecule has 0 saturated carbocycles. The molecule has 4 rings (SSSR count). The van der Waals surface area contributed by atoms with Crippen molar-refractivity contribution in [2.45, 2.75) is 0 Å². The monoisotopic (exact) mass is 457 g/mol. The molecule has 6 heteroatoms. The van der Waals surface area contributed by atoms with E-state index in [0.29, 0.717) is 48.9 Å². The van der Waals surface area contributed by atoms with E-state index < -0.39 is 0 Å². The molecule has 3 aromatic rings. The maximum absolute atomic E-state index is 13.1. The number of nitrogens with zero attached hydrogens (tertiary/aromatic N) is 1. The average Bonchev–Trinajstić information content (AvgIpc) is 2.92. The SMILES string of the molecule is COc1ccc(/C(=C\C(=O)N2CCOCC2)c2ccc(C(=O)c3ccccc3)cc2)cc1OC. The predicted octanol–water partition coefficient (Wildman–Crippen LogP) is 4.23. The number of ketones is 1. The van der Waals surface area contributed by atoms with Crippen LogP contribution in [0.15, 0.2) is 78.9 Å². The summed E-state index contributed by atoms with van der Waals surface area (Å²) >= 11 is 0. The summed E-state index contributed by atoms with van der Waals surface area (Å²) < 4.78 is 16.2. The summed E-state index contributed by atoms with van der Waals surface area (Å²) in [6.45, 7) is 2.17. The molecule has 6 nitrogen and oxygen atoms in total. The van der Waals surface area contributed by atoms with Crippen molar-refractivity contribution in [1.82, 2.24) is 4.90 Å². The van der Waals surface area contributed by atoms with E-state index in [-0.39, 0.29) is 11.7 Å². The quantitative estimate of drug-likeness (QED) is 0.393. The number of carbonyl (C=O) groups excluding carboxylic acids is 2. The Morgan fingerprint density at radius 2 is 1.35 bits per heavy atom. The van der Waals surface area contributed by atoms with Gasteiger partial charge in [0.1, 0.15) is 0 Å². The number of amides is 1. The van der Waals surface area contributed by atoms with E-state index in [1.165, 1.54) is 0 Å². The van der Waals surface area contributed by atoms with Crippen molar-refractivity contribution in [2.75, 3.05) is 40.5 Å². The van der Waals surface area contributed by atoms with E-state index >= 15 is 0 Å². The van der Waals surface area contributed by atoms with E-state index in [2.05, 4.69) is 0 Å².